The van der Waals surface area contributed by atoms with E-state index in [9.17, 15) is 13.2 Å². The first kappa shape index (κ1) is 21.3. The molecule has 1 amide bonds. The van der Waals surface area contributed by atoms with E-state index in [2.05, 4.69) is 5.32 Å². The van der Waals surface area contributed by atoms with Crippen LogP contribution in [-0.4, -0.2) is 38.3 Å². The van der Waals surface area contributed by atoms with Gasteiger partial charge in [-0.2, -0.15) is 4.31 Å². The Hall–Kier alpha value is -2.38. The van der Waals surface area contributed by atoms with Gasteiger partial charge in [0.05, 0.1) is 17.4 Å². The van der Waals surface area contributed by atoms with Crippen molar-refractivity contribution < 1.29 is 17.9 Å². The second-order valence-corrected chi connectivity index (χ2v) is 9.27. The van der Waals surface area contributed by atoms with Gasteiger partial charge in [0.2, 0.25) is 15.9 Å². The van der Waals surface area contributed by atoms with Gasteiger partial charge in [-0.1, -0.05) is 25.1 Å². The Bertz CT molecular complexity index is 945. The van der Waals surface area contributed by atoms with Gasteiger partial charge in [-0.25, -0.2) is 8.42 Å². The summed E-state index contributed by atoms with van der Waals surface area (Å²) in [4.78, 5) is 13.1. The molecule has 2 aromatic rings. The van der Waals surface area contributed by atoms with Crippen molar-refractivity contribution in [3.05, 3.63) is 54.1 Å². The Labute approximate surface area is 172 Å². The lowest BCUT2D eigenvalue weighted by Crippen LogP contribution is -2.43. The fraction of sp³-hybridized carbons (Fsp3) is 0.409. The number of rotatable bonds is 7. The third kappa shape index (κ3) is 5.16. The number of hydrogen-bond acceptors (Lipinski definition) is 4. The molecule has 1 unspecified atom stereocenters. The molecule has 0 spiro atoms. The smallest absolute Gasteiger partial charge is 0.243 e. The lowest BCUT2D eigenvalue weighted by molar-refractivity contribution is -0.120. The summed E-state index contributed by atoms with van der Waals surface area (Å²) in [6.07, 6.45) is 2.26. The first-order chi connectivity index (χ1) is 13.9. The number of benzene rings is 2. The van der Waals surface area contributed by atoms with Crippen LogP contribution in [0, 0.1) is 12.8 Å². The van der Waals surface area contributed by atoms with Gasteiger partial charge in [-0.05, 0) is 62.1 Å². The van der Waals surface area contributed by atoms with Crippen LogP contribution < -0.4 is 10.1 Å². The Balaban J connectivity index is 1.67. The topological polar surface area (TPSA) is 75.7 Å². The summed E-state index contributed by atoms with van der Waals surface area (Å²) in [5.74, 6) is 0.251. The van der Waals surface area contributed by atoms with Crippen molar-refractivity contribution in [1.29, 1.82) is 0 Å². The Morgan fingerprint density at radius 3 is 2.66 bits per heavy atom. The number of aryl methyl sites for hydroxylation is 1. The van der Waals surface area contributed by atoms with Crippen molar-refractivity contribution >= 4 is 21.6 Å². The van der Waals surface area contributed by atoms with Gasteiger partial charge < -0.3 is 10.1 Å². The number of sulfonamides is 1. The van der Waals surface area contributed by atoms with Crippen molar-refractivity contribution in [3.63, 3.8) is 0 Å². The Morgan fingerprint density at radius 1 is 1.21 bits per heavy atom. The van der Waals surface area contributed by atoms with E-state index in [0.717, 1.165) is 23.4 Å². The number of nitrogens with one attached hydrogen (secondary N) is 1. The molecule has 0 bridgehead atoms. The summed E-state index contributed by atoms with van der Waals surface area (Å²) >= 11 is 0. The van der Waals surface area contributed by atoms with Crippen molar-refractivity contribution in [2.24, 2.45) is 5.92 Å². The van der Waals surface area contributed by atoms with Crippen molar-refractivity contribution in [2.45, 2.75) is 38.0 Å². The standard InChI is InChI=1S/C22H28N2O4S/c1-3-14-28-19-11-12-21(17(2)15-19)23-22(25)18-8-7-13-24(16-18)29(26,27)20-9-5-4-6-10-20/h4-6,9-12,15,18H,3,7-8,13-14,16H2,1-2H3,(H,23,25). The third-order valence-corrected chi connectivity index (χ3v) is 6.94. The molecular formula is C22H28N2O4S. The maximum absolute atomic E-state index is 12.9. The van der Waals surface area contributed by atoms with Gasteiger partial charge in [0, 0.05) is 18.8 Å². The number of amides is 1. The number of carbonyl (C=O) groups excluding carboxylic acids is 1. The van der Waals surface area contributed by atoms with Crippen LogP contribution >= 0.6 is 0 Å². The van der Waals surface area contributed by atoms with Gasteiger partial charge in [-0.15, -0.1) is 0 Å². The van der Waals surface area contributed by atoms with Crippen LogP contribution in [-0.2, 0) is 14.8 Å². The highest BCUT2D eigenvalue weighted by molar-refractivity contribution is 7.89. The largest absolute Gasteiger partial charge is 0.494 e. The molecule has 6 nitrogen and oxygen atoms in total. The van der Waals surface area contributed by atoms with E-state index in [1.54, 1.807) is 30.3 Å². The number of anilines is 1. The highest BCUT2D eigenvalue weighted by Crippen LogP contribution is 2.26. The van der Waals surface area contributed by atoms with Crippen LogP contribution in [0.25, 0.3) is 0 Å². The zero-order valence-corrected chi connectivity index (χ0v) is 17.7. The summed E-state index contributed by atoms with van der Waals surface area (Å²) in [5.41, 5.74) is 1.64. The fourth-order valence-corrected chi connectivity index (χ4v) is 4.98. The highest BCUT2D eigenvalue weighted by Gasteiger charge is 2.33. The molecule has 0 saturated carbocycles. The van der Waals surface area contributed by atoms with Crippen LogP contribution in [0.5, 0.6) is 5.75 Å². The quantitative estimate of drug-likeness (QED) is 0.744. The maximum atomic E-state index is 12.9. The molecule has 7 heteroatoms. The monoisotopic (exact) mass is 416 g/mol. The van der Waals surface area contributed by atoms with Crippen LogP contribution in [0.4, 0.5) is 5.69 Å². The van der Waals surface area contributed by atoms with Crippen LogP contribution in [0.3, 0.4) is 0 Å². The molecule has 1 aliphatic rings. The van der Waals surface area contributed by atoms with Crippen LogP contribution in [0.1, 0.15) is 31.7 Å². The van der Waals surface area contributed by atoms with Gasteiger partial charge >= 0.3 is 0 Å². The molecule has 1 fully saturated rings. The summed E-state index contributed by atoms with van der Waals surface area (Å²) in [6.45, 7) is 5.25. The zero-order valence-electron chi connectivity index (χ0n) is 16.9. The van der Waals surface area contributed by atoms with Crippen molar-refractivity contribution in [3.8, 4) is 5.75 Å². The summed E-state index contributed by atoms with van der Waals surface area (Å²) in [6, 6.07) is 13.9. The first-order valence-corrected chi connectivity index (χ1v) is 11.5. The average Bonchev–Trinajstić information content (AvgIpc) is 2.74. The number of hydrogen-bond donors (Lipinski definition) is 1. The molecule has 156 valence electrons. The van der Waals surface area contributed by atoms with Gasteiger partial charge in [-0.3, -0.25) is 4.79 Å². The van der Waals surface area contributed by atoms with E-state index in [1.165, 1.54) is 4.31 Å². The summed E-state index contributed by atoms with van der Waals surface area (Å²) < 4.78 is 32.8. The van der Waals surface area contributed by atoms with E-state index >= 15 is 0 Å². The minimum atomic E-state index is -3.59. The molecule has 3 rings (SSSR count). The van der Waals surface area contributed by atoms with Crippen LogP contribution in [0.15, 0.2) is 53.4 Å². The average molecular weight is 417 g/mol. The van der Waals surface area contributed by atoms with E-state index in [4.69, 9.17) is 4.74 Å². The van der Waals surface area contributed by atoms with Crippen molar-refractivity contribution in [1.82, 2.24) is 4.31 Å². The minimum Gasteiger partial charge on any atom is -0.494 e. The Morgan fingerprint density at radius 2 is 1.97 bits per heavy atom. The second-order valence-electron chi connectivity index (χ2n) is 7.33. The molecule has 1 aliphatic heterocycles. The maximum Gasteiger partial charge on any atom is 0.243 e. The number of piperidine rings is 1. The van der Waals surface area contributed by atoms with E-state index in [-0.39, 0.29) is 23.3 Å². The third-order valence-electron chi connectivity index (χ3n) is 5.06. The Kier molecular flexibility index (Phi) is 6.92. The predicted octanol–water partition coefficient (Wildman–Crippen LogP) is 3.82. The molecule has 0 radical (unpaired) electrons. The molecule has 2 aromatic carbocycles. The molecular weight excluding hydrogens is 388 g/mol. The van der Waals surface area contributed by atoms with Crippen LogP contribution in [0.2, 0.25) is 0 Å². The SMILES string of the molecule is CCCOc1ccc(NC(=O)C2CCCN(S(=O)(=O)c3ccccc3)C2)c(C)c1. The molecule has 29 heavy (non-hydrogen) atoms. The number of carbonyl (C=O) groups is 1. The fourth-order valence-electron chi connectivity index (χ4n) is 3.44. The second kappa shape index (κ2) is 9.41. The van der Waals surface area contributed by atoms with Crippen molar-refractivity contribution in [2.75, 3.05) is 25.0 Å². The summed E-state index contributed by atoms with van der Waals surface area (Å²) in [7, 11) is -3.59. The molecule has 1 saturated heterocycles. The van der Waals surface area contributed by atoms with E-state index in [1.807, 2.05) is 32.0 Å². The molecule has 1 N–H and O–H groups in total. The lowest BCUT2D eigenvalue weighted by Gasteiger charge is -2.31. The first-order valence-electron chi connectivity index (χ1n) is 10.0. The summed E-state index contributed by atoms with van der Waals surface area (Å²) in [5, 5.41) is 2.96. The molecule has 0 aromatic heterocycles. The number of ether oxygens (including phenoxy) is 1. The lowest BCUT2D eigenvalue weighted by atomic mass is 9.98. The van der Waals surface area contributed by atoms with Gasteiger partial charge in [0.15, 0.2) is 0 Å². The minimum absolute atomic E-state index is 0.150. The molecule has 1 atom stereocenters. The molecule has 1 heterocycles. The highest BCUT2D eigenvalue weighted by atomic mass is 32.2. The number of nitrogens with zero attached hydrogens (tertiary/aromatic N) is 1. The molecule has 0 aliphatic carbocycles. The van der Waals surface area contributed by atoms with E-state index in [0.29, 0.717) is 26.0 Å². The van der Waals surface area contributed by atoms with Gasteiger partial charge in [0.1, 0.15) is 5.75 Å². The van der Waals surface area contributed by atoms with E-state index < -0.39 is 10.0 Å². The normalized spacial score (nSPS) is 17.7. The zero-order chi connectivity index (χ0) is 20.9. The van der Waals surface area contributed by atoms with Gasteiger partial charge in [0.25, 0.3) is 0 Å². The predicted molar refractivity (Wildman–Crippen MR) is 114 cm³/mol.